The Hall–Kier alpha value is -0.910. The molecule has 2 rings (SSSR count). The molecule has 0 aliphatic carbocycles. The number of sulfonamides is 1. The predicted molar refractivity (Wildman–Crippen MR) is 81.4 cm³/mol. The van der Waals surface area contributed by atoms with E-state index in [1.54, 1.807) is 16.4 Å². The molecule has 1 aromatic rings. The topological polar surface area (TPSA) is 49.4 Å². The summed E-state index contributed by atoms with van der Waals surface area (Å²) in [5.41, 5.74) is 2.18. The smallest absolute Gasteiger partial charge is 0.243 e. The van der Waals surface area contributed by atoms with Crippen molar-refractivity contribution in [2.45, 2.75) is 44.0 Å². The van der Waals surface area contributed by atoms with Gasteiger partial charge in [-0.05, 0) is 63.9 Å². The lowest BCUT2D eigenvalue weighted by molar-refractivity contribution is 0.219. The lowest BCUT2D eigenvalue weighted by atomic mass is 9.91. The Bertz CT molecular complexity index is 588. The first-order valence-corrected chi connectivity index (χ1v) is 8.49. The van der Waals surface area contributed by atoms with E-state index in [0.29, 0.717) is 18.0 Å². The van der Waals surface area contributed by atoms with E-state index in [2.05, 4.69) is 12.2 Å². The standard InChI is InChI=1S/C15H24N2O2S/c1-12-5-6-14(11-13(12)2)20(18,19)17-9-7-15(3,16-4)8-10-17/h5-6,11,16H,7-10H2,1-4H3. The molecule has 0 radical (unpaired) electrons. The fourth-order valence-corrected chi connectivity index (χ4v) is 4.02. The molecule has 1 aliphatic heterocycles. The summed E-state index contributed by atoms with van der Waals surface area (Å²) in [5.74, 6) is 0. The Morgan fingerprint density at radius 1 is 1.15 bits per heavy atom. The number of hydrogen-bond donors (Lipinski definition) is 1. The van der Waals surface area contributed by atoms with E-state index < -0.39 is 10.0 Å². The van der Waals surface area contributed by atoms with Crippen molar-refractivity contribution >= 4 is 10.0 Å². The van der Waals surface area contributed by atoms with Gasteiger partial charge in [-0.15, -0.1) is 0 Å². The fraction of sp³-hybridized carbons (Fsp3) is 0.600. The largest absolute Gasteiger partial charge is 0.314 e. The first kappa shape index (κ1) is 15.5. The van der Waals surface area contributed by atoms with Gasteiger partial charge in [0.05, 0.1) is 4.90 Å². The van der Waals surface area contributed by atoms with Crippen LogP contribution in [0.3, 0.4) is 0 Å². The number of rotatable bonds is 3. The van der Waals surface area contributed by atoms with E-state index in [1.807, 2.05) is 27.0 Å². The lowest BCUT2D eigenvalue weighted by Gasteiger charge is -2.38. The molecular weight excluding hydrogens is 272 g/mol. The molecule has 1 N–H and O–H groups in total. The van der Waals surface area contributed by atoms with Crippen LogP contribution in [-0.4, -0.2) is 38.4 Å². The summed E-state index contributed by atoms with van der Waals surface area (Å²) in [6.07, 6.45) is 1.68. The molecule has 1 fully saturated rings. The van der Waals surface area contributed by atoms with Gasteiger partial charge < -0.3 is 5.32 Å². The molecule has 1 aliphatic rings. The summed E-state index contributed by atoms with van der Waals surface area (Å²) in [4.78, 5) is 0.411. The molecule has 20 heavy (non-hydrogen) atoms. The summed E-state index contributed by atoms with van der Waals surface area (Å²) in [5, 5.41) is 3.29. The third kappa shape index (κ3) is 2.90. The zero-order chi connectivity index (χ0) is 15.0. The van der Waals surface area contributed by atoms with Gasteiger partial charge in [0.2, 0.25) is 10.0 Å². The van der Waals surface area contributed by atoms with E-state index in [-0.39, 0.29) is 5.54 Å². The zero-order valence-electron chi connectivity index (χ0n) is 12.7. The molecule has 0 atom stereocenters. The number of nitrogens with one attached hydrogen (secondary N) is 1. The first-order valence-electron chi connectivity index (χ1n) is 7.05. The average molecular weight is 296 g/mol. The van der Waals surface area contributed by atoms with Gasteiger partial charge in [0.1, 0.15) is 0 Å². The van der Waals surface area contributed by atoms with Crippen LogP contribution in [-0.2, 0) is 10.0 Å². The van der Waals surface area contributed by atoms with Crippen molar-refractivity contribution in [2.75, 3.05) is 20.1 Å². The van der Waals surface area contributed by atoms with Crippen molar-refractivity contribution < 1.29 is 8.42 Å². The second-order valence-corrected chi connectivity index (χ2v) is 7.90. The van der Waals surface area contributed by atoms with Gasteiger partial charge in [0, 0.05) is 18.6 Å². The van der Waals surface area contributed by atoms with Crippen molar-refractivity contribution in [3.63, 3.8) is 0 Å². The fourth-order valence-electron chi connectivity index (χ4n) is 2.49. The van der Waals surface area contributed by atoms with E-state index >= 15 is 0 Å². The second-order valence-electron chi connectivity index (χ2n) is 5.96. The van der Waals surface area contributed by atoms with Crippen LogP contribution in [0.1, 0.15) is 30.9 Å². The Morgan fingerprint density at radius 2 is 1.75 bits per heavy atom. The van der Waals surface area contributed by atoms with Gasteiger partial charge in [0.15, 0.2) is 0 Å². The van der Waals surface area contributed by atoms with Crippen molar-refractivity contribution in [3.8, 4) is 0 Å². The molecular formula is C15H24N2O2S. The van der Waals surface area contributed by atoms with Crippen molar-refractivity contribution in [2.24, 2.45) is 0 Å². The molecule has 0 unspecified atom stereocenters. The quantitative estimate of drug-likeness (QED) is 0.929. The van der Waals surface area contributed by atoms with E-state index in [1.165, 1.54) is 0 Å². The van der Waals surface area contributed by atoms with Crippen LogP contribution in [0, 0.1) is 13.8 Å². The maximum Gasteiger partial charge on any atom is 0.243 e. The Labute approximate surface area is 122 Å². The van der Waals surface area contributed by atoms with Crippen molar-refractivity contribution in [1.29, 1.82) is 0 Å². The van der Waals surface area contributed by atoms with Crippen LogP contribution in [0.4, 0.5) is 0 Å². The SMILES string of the molecule is CNC1(C)CCN(S(=O)(=O)c2ccc(C)c(C)c2)CC1. The Balaban J connectivity index is 2.22. The van der Waals surface area contributed by atoms with Gasteiger partial charge in [-0.2, -0.15) is 4.31 Å². The third-order valence-corrected chi connectivity index (χ3v) is 6.44. The molecule has 112 valence electrons. The minimum absolute atomic E-state index is 0.0508. The van der Waals surface area contributed by atoms with Gasteiger partial charge in [-0.1, -0.05) is 6.07 Å². The highest BCUT2D eigenvalue weighted by atomic mass is 32.2. The highest BCUT2D eigenvalue weighted by molar-refractivity contribution is 7.89. The van der Waals surface area contributed by atoms with E-state index in [0.717, 1.165) is 24.0 Å². The monoisotopic (exact) mass is 296 g/mol. The summed E-state index contributed by atoms with van der Waals surface area (Å²) in [6, 6.07) is 5.37. The summed E-state index contributed by atoms with van der Waals surface area (Å²) < 4.78 is 26.9. The van der Waals surface area contributed by atoms with Gasteiger partial charge >= 0.3 is 0 Å². The van der Waals surface area contributed by atoms with Crippen LogP contribution in [0.15, 0.2) is 23.1 Å². The van der Waals surface area contributed by atoms with E-state index in [9.17, 15) is 8.42 Å². The van der Waals surface area contributed by atoms with Gasteiger partial charge in [-0.3, -0.25) is 0 Å². The van der Waals surface area contributed by atoms with Crippen LogP contribution in [0.25, 0.3) is 0 Å². The molecule has 1 aromatic carbocycles. The Morgan fingerprint density at radius 3 is 2.25 bits per heavy atom. The average Bonchev–Trinajstić information content (AvgIpc) is 2.42. The van der Waals surface area contributed by atoms with Crippen molar-refractivity contribution in [1.82, 2.24) is 9.62 Å². The van der Waals surface area contributed by atoms with E-state index in [4.69, 9.17) is 0 Å². The van der Waals surface area contributed by atoms with Crippen LogP contribution in [0.5, 0.6) is 0 Å². The molecule has 1 saturated heterocycles. The molecule has 0 aromatic heterocycles. The second kappa shape index (κ2) is 5.47. The van der Waals surface area contributed by atoms with Crippen LogP contribution >= 0.6 is 0 Å². The molecule has 0 spiro atoms. The number of piperidine rings is 1. The van der Waals surface area contributed by atoms with Gasteiger partial charge in [0.25, 0.3) is 0 Å². The highest BCUT2D eigenvalue weighted by Gasteiger charge is 2.34. The molecule has 4 nitrogen and oxygen atoms in total. The summed E-state index contributed by atoms with van der Waals surface area (Å²) in [7, 11) is -1.42. The highest BCUT2D eigenvalue weighted by Crippen LogP contribution is 2.26. The van der Waals surface area contributed by atoms with Crippen LogP contribution < -0.4 is 5.32 Å². The lowest BCUT2D eigenvalue weighted by Crippen LogP contribution is -2.51. The van der Waals surface area contributed by atoms with Crippen LogP contribution in [0.2, 0.25) is 0 Å². The van der Waals surface area contributed by atoms with Gasteiger partial charge in [-0.25, -0.2) is 8.42 Å². The normalized spacial score (nSPS) is 20.0. The molecule has 1 heterocycles. The number of nitrogens with zero attached hydrogens (tertiary/aromatic N) is 1. The number of aryl methyl sites for hydroxylation is 2. The zero-order valence-corrected chi connectivity index (χ0v) is 13.5. The molecule has 0 bridgehead atoms. The number of hydrogen-bond acceptors (Lipinski definition) is 3. The minimum atomic E-state index is -3.35. The number of benzene rings is 1. The maximum absolute atomic E-state index is 12.7. The summed E-state index contributed by atoms with van der Waals surface area (Å²) >= 11 is 0. The minimum Gasteiger partial charge on any atom is -0.314 e. The Kier molecular flexibility index (Phi) is 4.23. The summed E-state index contributed by atoms with van der Waals surface area (Å²) in [6.45, 7) is 7.24. The molecule has 0 amide bonds. The maximum atomic E-state index is 12.7. The molecule has 5 heteroatoms. The predicted octanol–water partition coefficient (Wildman–Crippen LogP) is 2.07. The first-order chi connectivity index (χ1) is 9.28. The third-order valence-electron chi connectivity index (χ3n) is 4.55. The van der Waals surface area contributed by atoms with Crippen molar-refractivity contribution in [3.05, 3.63) is 29.3 Å². The molecule has 0 saturated carbocycles.